The molecule has 0 saturated heterocycles. The van der Waals surface area contributed by atoms with E-state index in [1.807, 2.05) is 0 Å². The first-order valence-corrected chi connectivity index (χ1v) is 5.57. The number of carbonyl (C=O) groups excluding carboxylic acids is 2. The number of rotatable bonds is 7. The fourth-order valence-electron chi connectivity index (χ4n) is 0.904. The lowest BCUT2D eigenvalue weighted by molar-refractivity contribution is -0.140. The number of hydrogen-bond acceptors (Lipinski definition) is 5. The molecule has 0 fully saturated rings. The summed E-state index contributed by atoms with van der Waals surface area (Å²) in [6.07, 6.45) is -0.0199. The molecule has 0 aliphatic heterocycles. The van der Waals surface area contributed by atoms with Crippen molar-refractivity contribution in [2.75, 3.05) is 27.3 Å². The first-order chi connectivity index (χ1) is 7.51. The quantitative estimate of drug-likeness (QED) is 0.488. The Balaban J connectivity index is 4.03. The number of nitrogens with zero attached hydrogens (tertiary/aromatic N) is 1. The van der Waals surface area contributed by atoms with Gasteiger partial charge in [0.25, 0.3) is 0 Å². The smallest absolute Gasteiger partial charge is 0.306 e. The van der Waals surface area contributed by atoms with Gasteiger partial charge in [-0.2, -0.15) is 0 Å². The first-order valence-electron chi connectivity index (χ1n) is 4.50. The van der Waals surface area contributed by atoms with Crippen molar-refractivity contribution in [3.63, 3.8) is 0 Å². The third-order valence-electron chi connectivity index (χ3n) is 1.81. The Morgan fingerprint density at radius 3 is 1.75 bits per heavy atom. The second-order valence-corrected chi connectivity index (χ2v) is 3.79. The zero-order valence-corrected chi connectivity index (χ0v) is 9.99. The van der Waals surface area contributed by atoms with Gasteiger partial charge in [0.2, 0.25) is 11.3 Å². The van der Waals surface area contributed by atoms with Crippen LogP contribution in [-0.2, 0) is 30.3 Å². The number of esters is 2. The van der Waals surface area contributed by atoms with Crippen molar-refractivity contribution in [3.8, 4) is 0 Å². The number of methoxy groups -OCH3 is 2. The lowest BCUT2D eigenvalue weighted by atomic mass is 10.4. The van der Waals surface area contributed by atoms with Gasteiger partial charge in [-0.3, -0.25) is 14.1 Å². The molecule has 0 spiro atoms. The Morgan fingerprint density at radius 1 is 1.12 bits per heavy atom. The van der Waals surface area contributed by atoms with Gasteiger partial charge in [-0.25, -0.2) is 8.51 Å². The van der Waals surface area contributed by atoms with Crippen molar-refractivity contribution in [3.05, 3.63) is 0 Å². The van der Waals surface area contributed by atoms with Crippen LogP contribution in [0, 0.1) is 0 Å². The Labute approximate surface area is 96.1 Å². The lowest BCUT2D eigenvalue weighted by Gasteiger charge is -2.15. The van der Waals surface area contributed by atoms with Crippen LogP contribution in [0.2, 0.25) is 0 Å². The van der Waals surface area contributed by atoms with Crippen LogP contribution < -0.4 is 0 Å². The summed E-state index contributed by atoms with van der Waals surface area (Å²) in [5.74, 6) is -0.956. The predicted molar refractivity (Wildman–Crippen MR) is 55.6 cm³/mol. The molecule has 0 rings (SSSR count). The Bertz CT molecular complexity index is 249. The molecule has 0 aromatic heterocycles. The van der Waals surface area contributed by atoms with Gasteiger partial charge >= 0.3 is 11.9 Å². The molecule has 0 radical (unpaired) electrons. The van der Waals surface area contributed by atoms with Crippen molar-refractivity contribution >= 4 is 23.2 Å². The minimum Gasteiger partial charge on any atom is -0.469 e. The van der Waals surface area contributed by atoms with Gasteiger partial charge < -0.3 is 9.47 Å². The number of ether oxygens (including phenoxy) is 2. The van der Waals surface area contributed by atoms with Crippen molar-refractivity contribution in [1.82, 2.24) is 4.31 Å². The molecule has 1 N–H and O–H groups in total. The second-order valence-electron chi connectivity index (χ2n) is 2.81. The number of carbonyl (C=O) groups is 2. The van der Waals surface area contributed by atoms with Crippen molar-refractivity contribution in [1.29, 1.82) is 0 Å². The van der Waals surface area contributed by atoms with Gasteiger partial charge in [-0.15, -0.1) is 0 Å². The van der Waals surface area contributed by atoms with Gasteiger partial charge in [-0.1, -0.05) is 0 Å². The number of hydrogen-bond donors (Lipinski definition) is 1. The first kappa shape index (κ1) is 15.0. The van der Waals surface area contributed by atoms with Gasteiger partial charge in [0, 0.05) is 13.1 Å². The summed E-state index contributed by atoms with van der Waals surface area (Å²) in [4.78, 5) is 21.6. The highest BCUT2D eigenvalue weighted by Gasteiger charge is 2.15. The van der Waals surface area contributed by atoms with Crippen LogP contribution in [0.25, 0.3) is 0 Å². The zero-order chi connectivity index (χ0) is 12.6. The maximum absolute atomic E-state index is 10.8. The van der Waals surface area contributed by atoms with E-state index in [0.717, 1.165) is 4.31 Å². The van der Waals surface area contributed by atoms with E-state index in [2.05, 4.69) is 9.47 Å². The lowest BCUT2D eigenvalue weighted by Crippen LogP contribution is -2.30. The van der Waals surface area contributed by atoms with Gasteiger partial charge in [0.05, 0.1) is 27.1 Å². The SMILES string of the molecule is COC(=O)CCN(CCC(=O)OC)S(=O)O. The molecule has 7 nitrogen and oxygen atoms in total. The third kappa shape index (κ3) is 6.49. The van der Waals surface area contributed by atoms with Crippen molar-refractivity contribution in [2.45, 2.75) is 12.8 Å². The molecule has 0 aliphatic rings. The maximum Gasteiger partial charge on any atom is 0.306 e. The standard InChI is InChI=1S/C8H15NO6S/c1-14-7(10)3-5-9(16(12)13)6-4-8(11)15-2/h3-6H2,1-2H3,(H,12,13). The molecule has 0 heterocycles. The summed E-state index contributed by atoms with van der Waals surface area (Å²) < 4.78 is 29.6. The van der Waals surface area contributed by atoms with Crippen LogP contribution in [0.5, 0.6) is 0 Å². The monoisotopic (exact) mass is 253 g/mol. The van der Waals surface area contributed by atoms with E-state index in [1.54, 1.807) is 0 Å². The minimum absolute atomic E-state index is 0.00995. The minimum atomic E-state index is -2.22. The topological polar surface area (TPSA) is 93.1 Å². The van der Waals surface area contributed by atoms with Gasteiger partial charge in [0.1, 0.15) is 0 Å². The molecule has 0 aliphatic carbocycles. The molecule has 0 bridgehead atoms. The van der Waals surface area contributed by atoms with Gasteiger partial charge in [0.15, 0.2) is 0 Å². The summed E-state index contributed by atoms with van der Waals surface area (Å²) in [5, 5.41) is 0. The van der Waals surface area contributed by atoms with Gasteiger partial charge in [-0.05, 0) is 0 Å². The normalized spacial score (nSPS) is 12.2. The van der Waals surface area contributed by atoms with Crippen LogP contribution in [-0.4, -0.2) is 52.3 Å². The highest BCUT2D eigenvalue weighted by atomic mass is 32.2. The second kappa shape index (κ2) is 8.20. The molecule has 0 aromatic carbocycles. The zero-order valence-electron chi connectivity index (χ0n) is 9.17. The van der Waals surface area contributed by atoms with Crippen LogP contribution in [0.3, 0.4) is 0 Å². The van der Waals surface area contributed by atoms with Crippen LogP contribution in [0.1, 0.15) is 12.8 Å². The van der Waals surface area contributed by atoms with Crippen molar-refractivity contribution in [2.24, 2.45) is 0 Å². The van der Waals surface area contributed by atoms with E-state index >= 15 is 0 Å². The molecule has 1 unspecified atom stereocenters. The molecule has 0 aromatic rings. The van der Waals surface area contributed by atoms with E-state index in [-0.39, 0.29) is 25.9 Å². The molecule has 0 saturated carbocycles. The summed E-state index contributed by atoms with van der Waals surface area (Å²) in [5.41, 5.74) is 0. The fourth-order valence-corrected chi connectivity index (χ4v) is 1.40. The highest BCUT2D eigenvalue weighted by Crippen LogP contribution is 1.99. The Morgan fingerprint density at radius 2 is 1.50 bits per heavy atom. The van der Waals surface area contributed by atoms with E-state index in [9.17, 15) is 13.8 Å². The molecule has 94 valence electrons. The maximum atomic E-state index is 10.8. The van der Waals surface area contributed by atoms with Crippen LogP contribution >= 0.6 is 0 Å². The summed E-state index contributed by atoms with van der Waals surface area (Å²) in [7, 11) is 2.47. The van der Waals surface area contributed by atoms with E-state index in [4.69, 9.17) is 4.55 Å². The molecular formula is C8H15NO6S. The average molecular weight is 253 g/mol. The molecule has 16 heavy (non-hydrogen) atoms. The van der Waals surface area contributed by atoms with Crippen LogP contribution in [0.4, 0.5) is 0 Å². The summed E-state index contributed by atoms with van der Waals surface area (Å²) in [6, 6.07) is 0. The molecule has 1 atom stereocenters. The highest BCUT2D eigenvalue weighted by molar-refractivity contribution is 7.76. The third-order valence-corrected chi connectivity index (χ3v) is 2.61. The Hall–Kier alpha value is -0.990. The summed E-state index contributed by atoms with van der Waals surface area (Å²) in [6.45, 7) is 0.0968. The predicted octanol–water partition coefficient (Wildman–Crippen LogP) is -0.449. The Kier molecular flexibility index (Phi) is 7.69. The van der Waals surface area contributed by atoms with Crippen LogP contribution in [0.15, 0.2) is 0 Å². The fraction of sp³-hybridized carbons (Fsp3) is 0.750. The van der Waals surface area contributed by atoms with E-state index in [1.165, 1.54) is 14.2 Å². The summed E-state index contributed by atoms with van der Waals surface area (Å²) >= 11 is -2.22. The van der Waals surface area contributed by atoms with E-state index in [0.29, 0.717) is 0 Å². The molecule has 0 amide bonds. The largest absolute Gasteiger partial charge is 0.469 e. The molecule has 8 heteroatoms. The van der Waals surface area contributed by atoms with E-state index < -0.39 is 23.2 Å². The average Bonchev–Trinajstić information content (AvgIpc) is 2.27. The molecular weight excluding hydrogens is 238 g/mol. The van der Waals surface area contributed by atoms with Crippen molar-refractivity contribution < 1.29 is 27.8 Å².